The standard InChI is InChI=1S/C16H19NO2/c1-18-15(12-17)16(13-8-4-2-5-9-13)19-14-10-6-3-7-11-14/h2-11,15-16H,12,17H2,1H3. The molecule has 3 nitrogen and oxygen atoms in total. The molecule has 0 aromatic heterocycles. The van der Waals surface area contributed by atoms with Gasteiger partial charge in [-0.3, -0.25) is 0 Å². The normalized spacial score (nSPS) is 13.8. The first-order chi connectivity index (χ1) is 9.35. The van der Waals surface area contributed by atoms with E-state index < -0.39 is 0 Å². The molecule has 2 N–H and O–H groups in total. The molecule has 2 unspecified atom stereocenters. The predicted molar refractivity (Wildman–Crippen MR) is 76.1 cm³/mol. The van der Waals surface area contributed by atoms with Gasteiger partial charge in [-0.15, -0.1) is 0 Å². The third kappa shape index (κ3) is 3.56. The van der Waals surface area contributed by atoms with Gasteiger partial charge < -0.3 is 15.2 Å². The maximum Gasteiger partial charge on any atom is 0.151 e. The van der Waals surface area contributed by atoms with Crippen LogP contribution in [0.5, 0.6) is 5.75 Å². The lowest BCUT2D eigenvalue weighted by molar-refractivity contribution is 0.00661. The first-order valence-electron chi connectivity index (χ1n) is 6.34. The number of ether oxygens (including phenoxy) is 2. The van der Waals surface area contributed by atoms with Gasteiger partial charge >= 0.3 is 0 Å². The van der Waals surface area contributed by atoms with Crippen LogP contribution >= 0.6 is 0 Å². The number of nitrogens with two attached hydrogens (primary N) is 1. The van der Waals surface area contributed by atoms with Gasteiger partial charge in [-0.25, -0.2) is 0 Å². The molecule has 0 aliphatic carbocycles. The van der Waals surface area contributed by atoms with E-state index in [0.29, 0.717) is 6.54 Å². The lowest BCUT2D eigenvalue weighted by Gasteiger charge is -2.26. The Labute approximate surface area is 114 Å². The van der Waals surface area contributed by atoms with Gasteiger partial charge in [0.05, 0.1) is 0 Å². The van der Waals surface area contributed by atoms with Gasteiger partial charge in [0.15, 0.2) is 6.10 Å². The summed E-state index contributed by atoms with van der Waals surface area (Å²) in [5.41, 5.74) is 6.83. The molecule has 2 atom stereocenters. The van der Waals surface area contributed by atoms with Crippen LogP contribution in [0.15, 0.2) is 60.7 Å². The van der Waals surface area contributed by atoms with Gasteiger partial charge in [0.2, 0.25) is 0 Å². The van der Waals surface area contributed by atoms with Crippen LogP contribution in [0.1, 0.15) is 11.7 Å². The molecule has 0 spiro atoms. The summed E-state index contributed by atoms with van der Waals surface area (Å²) in [4.78, 5) is 0. The zero-order chi connectivity index (χ0) is 13.5. The predicted octanol–water partition coefficient (Wildman–Crippen LogP) is 2.78. The summed E-state index contributed by atoms with van der Waals surface area (Å²) in [5, 5.41) is 0. The largest absolute Gasteiger partial charge is 0.483 e. The molecular formula is C16H19NO2. The molecule has 0 amide bonds. The topological polar surface area (TPSA) is 44.5 Å². The molecule has 100 valence electrons. The molecule has 2 rings (SSSR count). The van der Waals surface area contributed by atoms with Crippen molar-refractivity contribution in [2.45, 2.75) is 12.2 Å². The molecule has 0 saturated heterocycles. The lowest BCUT2D eigenvalue weighted by Crippen LogP contribution is -2.32. The molecule has 0 radical (unpaired) electrons. The molecule has 19 heavy (non-hydrogen) atoms. The van der Waals surface area contributed by atoms with Crippen LogP contribution in [0.25, 0.3) is 0 Å². The second-order valence-electron chi connectivity index (χ2n) is 4.27. The van der Waals surface area contributed by atoms with Crippen molar-refractivity contribution in [2.75, 3.05) is 13.7 Å². The minimum absolute atomic E-state index is 0.178. The second kappa shape index (κ2) is 6.92. The van der Waals surface area contributed by atoms with Crippen LogP contribution in [0.3, 0.4) is 0 Å². The van der Waals surface area contributed by atoms with E-state index in [1.807, 2.05) is 60.7 Å². The Kier molecular flexibility index (Phi) is 4.95. The molecule has 0 heterocycles. The highest BCUT2D eigenvalue weighted by molar-refractivity contribution is 5.25. The molecule has 2 aromatic carbocycles. The van der Waals surface area contributed by atoms with Crippen LogP contribution in [0.2, 0.25) is 0 Å². The quantitative estimate of drug-likeness (QED) is 0.865. The number of methoxy groups -OCH3 is 1. The Hall–Kier alpha value is -1.84. The van der Waals surface area contributed by atoms with Crippen molar-refractivity contribution < 1.29 is 9.47 Å². The molecule has 0 aliphatic rings. The number of para-hydroxylation sites is 1. The maximum atomic E-state index is 6.04. The van der Waals surface area contributed by atoms with Crippen LogP contribution in [-0.4, -0.2) is 19.8 Å². The second-order valence-corrected chi connectivity index (χ2v) is 4.27. The smallest absolute Gasteiger partial charge is 0.151 e. The number of hydrogen-bond donors (Lipinski definition) is 1. The van der Waals surface area contributed by atoms with Crippen LogP contribution in [0.4, 0.5) is 0 Å². The Morgan fingerprint density at radius 1 is 0.947 bits per heavy atom. The van der Waals surface area contributed by atoms with Gasteiger partial charge in [-0.05, 0) is 17.7 Å². The summed E-state index contributed by atoms with van der Waals surface area (Å²) < 4.78 is 11.5. The SMILES string of the molecule is COC(CN)C(Oc1ccccc1)c1ccccc1. The number of benzene rings is 2. The van der Waals surface area contributed by atoms with Crippen LogP contribution < -0.4 is 10.5 Å². The van der Waals surface area contributed by atoms with E-state index in [-0.39, 0.29) is 12.2 Å². The highest BCUT2D eigenvalue weighted by Crippen LogP contribution is 2.25. The Balaban J connectivity index is 2.24. The molecule has 0 saturated carbocycles. The Bertz CT molecular complexity index is 469. The van der Waals surface area contributed by atoms with Crippen molar-refractivity contribution in [2.24, 2.45) is 5.73 Å². The maximum absolute atomic E-state index is 6.04. The zero-order valence-corrected chi connectivity index (χ0v) is 11.0. The first kappa shape index (κ1) is 13.6. The molecule has 0 aliphatic heterocycles. The zero-order valence-electron chi connectivity index (χ0n) is 11.0. The van der Waals surface area contributed by atoms with E-state index in [9.17, 15) is 0 Å². The molecule has 0 fully saturated rings. The van der Waals surface area contributed by atoms with E-state index in [2.05, 4.69) is 0 Å². The van der Waals surface area contributed by atoms with Crippen molar-refractivity contribution in [3.63, 3.8) is 0 Å². The van der Waals surface area contributed by atoms with Crippen LogP contribution in [-0.2, 0) is 4.74 Å². The molecule has 3 heteroatoms. The fourth-order valence-electron chi connectivity index (χ4n) is 1.99. The number of rotatable bonds is 6. The fraction of sp³-hybridized carbons (Fsp3) is 0.250. The molecule has 0 bridgehead atoms. The van der Waals surface area contributed by atoms with E-state index >= 15 is 0 Å². The van der Waals surface area contributed by atoms with Gasteiger partial charge in [-0.1, -0.05) is 48.5 Å². The van der Waals surface area contributed by atoms with Crippen molar-refractivity contribution >= 4 is 0 Å². The fourth-order valence-corrected chi connectivity index (χ4v) is 1.99. The Morgan fingerprint density at radius 3 is 2.05 bits per heavy atom. The highest BCUT2D eigenvalue weighted by Gasteiger charge is 2.23. The summed E-state index contributed by atoms with van der Waals surface area (Å²) in [5.74, 6) is 0.812. The minimum Gasteiger partial charge on any atom is -0.483 e. The summed E-state index contributed by atoms with van der Waals surface area (Å²) in [7, 11) is 1.65. The summed E-state index contributed by atoms with van der Waals surface area (Å²) >= 11 is 0. The van der Waals surface area contributed by atoms with E-state index in [4.69, 9.17) is 15.2 Å². The first-order valence-corrected chi connectivity index (χ1v) is 6.34. The third-order valence-corrected chi connectivity index (χ3v) is 3.01. The van der Waals surface area contributed by atoms with Crippen molar-refractivity contribution in [1.82, 2.24) is 0 Å². The van der Waals surface area contributed by atoms with E-state index in [1.165, 1.54) is 0 Å². The van der Waals surface area contributed by atoms with E-state index in [1.54, 1.807) is 7.11 Å². The van der Waals surface area contributed by atoms with Gasteiger partial charge in [0.25, 0.3) is 0 Å². The van der Waals surface area contributed by atoms with Gasteiger partial charge in [0.1, 0.15) is 11.9 Å². The third-order valence-electron chi connectivity index (χ3n) is 3.01. The number of hydrogen-bond acceptors (Lipinski definition) is 3. The average molecular weight is 257 g/mol. The molecular weight excluding hydrogens is 238 g/mol. The lowest BCUT2D eigenvalue weighted by atomic mass is 10.0. The van der Waals surface area contributed by atoms with Gasteiger partial charge in [0, 0.05) is 13.7 Å². The van der Waals surface area contributed by atoms with E-state index in [0.717, 1.165) is 11.3 Å². The summed E-state index contributed by atoms with van der Waals surface area (Å²) in [6.07, 6.45) is -0.388. The molecule has 2 aromatic rings. The van der Waals surface area contributed by atoms with Gasteiger partial charge in [-0.2, -0.15) is 0 Å². The van der Waals surface area contributed by atoms with Crippen LogP contribution in [0, 0.1) is 0 Å². The average Bonchev–Trinajstić information content (AvgIpc) is 2.49. The summed E-state index contributed by atoms with van der Waals surface area (Å²) in [6, 6.07) is 19.7. The van der Waals surface area contributed by atoms with Crippen molar-refractivity contribution in [3.8, 4) is 5.75 Å². The van der Waals surface area contributed by atoms with Crippen molar-refractivity contribution in [3.05, 3.63) is 66.2 Å². The highest BCUT2D eigenvalue weighted by atomic mass is 16.5. The van der Waals surface area contributed by atoms with Crippen molar-refractivity contribution in [1.29, 1.82) is 0 Å². The summed E-state index contributed by atoms with van der Waals surface area (Å²) in [6.45, 7) is 0.406. The Morgan fingerprint density at radius 2 is 1.53 bits per heavy atom. The minimum atomic E-state index is -0.210. The monoisotopic (exact) mass is 257 g/mol.